The van der Waals surface area contributed by atoms with E-state index in [1.54, 1.807) is 23.3 Å². The van der Waals surface area contributed by atoms with Crippen LogP contribution in [0, 0.1) is 12.8 Å². The number of nitrogens with zero attached hydrogens (tertiary/aromatic N) is 2. The molecule has 1 aromatic carbocycles. The summed E-state index contributed by atoms with van der Waals surface area (Å²) in [5, 5.41) is 12.8. The van der Waals surface area contributed by atoms with Crippen LogP contribution in [-0.2, 0) is 11.2 Å². The minimum Gasteiger partial charge on any atom is -0.391 e. The lowest BCUT2D eigenvalue weighted by Crippen LogP contribution is -2.36. The standard InChI is InChI=1S/C18H22N2O2S/c1-12-4-3-5-14(8-12)18-19-15(11-23-18)9-17(22)20(2)10-16(21)13-6-7-13/h3-5,8,11,13,16,21H,6-7,9-10H2,1-2H3. The van der Waals surface area contributed by atoms with Gasteiger partial charge in [-0.25, -0.2) is 4.98 Å². The Morgan fingerprint density at radius 3 is 2.96 bits per heavy atom. The van der Waals surface area contributed by atoms with E-state index in [1.807, 2.05) is 17.5 Å². The molecule has 3 rings (SSSR count). The number of thiazole rings is 1. The van der Waals surface area contributed by atoms with E-state index in [-0.39, 0.29) is 18.4 Å². The fourth-order valence-electron chi connectivity index (χ4n) is 2.60. The van der Waals surface area contributed by atoms with Crippen LogP contribution in [-0.4, -0.2) is 40.6 Å². The molecule has 1 atom stereocenters. The number of carbonyl (C=O) groups excluding carboxylic acids is 1. The normalized spacial score (nSPS) is 15.4. The zero-order valence-electron chi connectivity index (χ0n) is 13.5. The molecule has 122 valence electrons. The van der Waals surface area contributed by atoms with Crippen molar-refractivity contribution < 1.29 is 9.90 Å². The van der Waals surface area contributed by atoms with Gasteiger partial charge in [0.25, 0.3) is 0 Å². The second kappa shape index (κ2) is 6.81. The zero-order chi connectivity index (χ0) is 16.4. The van der Waals surface area contributed by atoms with Crippen molar-refractivity contribution in [3.63, 3.8) is 0 Å². The number of aryl methyl sites for hydroxylation is 1. The Morgan fingerprint density at radius 1 is 1.48 bits per heavy atom. The largest absolute Gasteiger partial charge is 0.391 e. The second-order valence-corrected chi connectivity index (χ2v) is 7.23. The van der Waals surface area contributed by atoms with E-state index >= 15 is 0 Å². The van der Waals surface area contributed by atoms with E-state index in [4.69, 9.17) is 0 Å². The fourth-order valence-corrected chi connectivity index (χ4v) is 3.42. The number of likely N-dealkylation sites (N-methyl/N-ethyl adjacent to an activating group) is 1. The molecule has 1 saturated carbocycles. The molecule has 1 amide bonds. The molecule has 0 radical (unpaired) electrons. The molecule has 23 heavy (non-hydrogen) atoms. The van der Waals surface area contributed by atoms with Crippen molar-refractivity contribution in [1.29, 1.82) is 0 Å². The lowest BCUT2D eigenvalue weighted by molar-refractivity contribution is -0.130. The van der Waals surface area contributed by atoms with Gasteiger partial charge < -0.3 is 10.0 Å². The number of aliphatic hydroxyl groups is 1. The highest BCUT2D eigenvalue weighted by Gasteiger charge is 2.31. The Morgan fingerprint density at radius 2 is 2.26 bits per heavy atom. The summed E-state index contributed by atoms with van der Waals surface area (Å²) in [6.45, 7) is 2.47. The third-order valence-corrected chi connectivity index (χ3v) is 5.14. The molecular weight excluding hydrogens is 308 g/mol. The van der Waals surface area contributed by atoms with Crippen LogP contribution in [0.4, 0.5) is 0 Å². The van der Waals surface area contributed by atoms with Crippen LogP contribution in [0.25, 0.3) is 10.6 Å². The minimum atomic E-state index is -0.387. The first-order valence-electron chi connectivity index (χ1n) is 7.96. The van der Waals surface area contributed by atoms with Crippen molar-refractivity contribution in [2.75, 3.05) is 13.6 Å². The second-order valence-electron chi connectivity index (χ2n) is 6.37. The predicted octanol–water partition coefficient (Wildman–Crippen LogP) is 2.89. The van der Waals surface area contributed by atoms with E-state index in [2.05, 4.69) is 24.0 Å². The Kier molecular flexibility index (Phi) is 4.78. The molecule has 2 aromatic rings. The Bertz CT molecular complexity index is 694. The fraction of sp³-hybridized carbons (Fsp3) is 0.444. The van der Waals surface area contributed by atoms with Gasteiger partial charge in [0.15, 0.2) is 0 Å². The molecule has 1 heterocycles. The summed E-state index contributed by atoms with van der Waals surface area (Å²) in [5.41, 5.74) is 3.08. The van der Waals surface area contributed by atoms with Gasteiger partial charge in [-0.05, 0) is 31.7 Å². The Labute approximate surface area is 140 Å². The van der Waals surface area contributed by atoms with Crippen LogP contribution in [0.1, 0.15) is 24.1 Å². The molecule has 1 unspecified atom stereocenters. The van der Waals surface area contributed by atoms with Crippen molar-refractivity contribution >= 4 is 17.2 Å². The average Bonchev–Trinajstić information content (AvgIpc) is 3.27. The maximum absolute atomic E-state index is 12.3. The van der Waals surface area contributed by atoms with Crippen molar-refractivity contribution in [2.45, 2.75) is 32.3 Å². The quantitative estimate of drug-likeness (QED) is 0.886. The maximum atomic E-state index is 12.3. The minimum absolute atomic E-state index is 0.00536. The lowest BCUT2D eigenvalue weighted by atomic mass is 10.1. The first-order chi connectivity index (χ1) is 11.0. The summed E-state index contributed by atoms with van der Waals surface area (Å²) < 4.78 is 0. The van der Waals surface area contributed by atoms with E-state index < -0.39 is 0 Å². The van der Waals surface area contributed by atoms with Crippen LogP contribution in [0.5, 0.6) is 0 Å². The van der Waals surface area contributed by atoms with E-state index in [1.165, 1.54) is 5.56 Å². The summed E-state index contributed by atoms with van der Waals surface area (Å²) in [6, 6.07) is 8.21. The molecule has 5 heteroatoms. The molecule has 1 N–H and O–H groups in total. The third-order valence-electron chi connectivity index (χ3n) is 4.20. The van der Waals surface area contributed by atoms with Crippen molar-refractivity contribution in [3.05, 3.63) is 40.9 Å². The molecule has 0 spiro atoms. The van der Waals surface area contributed by atoms with E-state index in [9.17, 15) is 9.90 Å². The molecule has 0 aliphatic heterocycles. The molecule has 1 aromatic heterocycles. The zero-order valence-corrected chi connectivity index (χ0v) is 14.3. The topological polar surface area (TPSA) is 53.4 Å². The van der Waals surface area contributed by atoms with Crippen LogP contribution < -0.4 is 0 Å². The molecule has 1 aliphatic carbocycles. The monoisotopic (exact) mass is 330 g/mol. The number of carbonyl (C=O) groups is 1. The highest BCUT2D eigenvalue weighted by atomic mass is 32.1. The highest BCUT2D eigenvalue weighted by molar-refractivity contribution is 7.13. The number of rotatable bonds is 6. The Hall–Kier alpha value is -1.72. The van der Waals surface area contributed by atoms with Crippen LogP contribution >= 0.6 is 11.3 Å². The third kappa shape index (κ3) is 4.18. The number of benzene rings is 1. The molecule has 1 aliphatic rings. The number of hydrogen-bond acceptors (Lipinski definition) is 4. The molecule has 0 bridgehead atoms. The van der Waals surface area contributed by atoms with Gasteiger partial charge in [-0.15, -0.1) is 11.3 Å². The molecule has 1 fully saturated rings. The summed E-state index contributed by atoms with van der Waals surface area (Å²) in [6.07, 6.45) is 2.06. The average molecular weight is 330 g/mol. The predicted molar refractivity (Wildman–Crippen MR) is 92.4 cm³/mol. The molecule has 0 saturated heterocycles. The summed E-state index contributed by atoms with van der Waals surface area (Å²) in [7, 11) is 1.75. The summed E-state index contributed by atoms with van der Waals surface area (Å²) in [5.74, 6) is 0.392. The first kappa shape index (κ1) is 16.1. The van der Waals surface area contributed by atoms with Gasteiger partial charge in [-0.2, -0.15) is 0 Å². The van der Waals surface area contributed by atoms with E-state index in [0.29, 0.717) is 12.5 Å². The van der Waals surface area contributed by atoms with Gasteiger partial charge in [0, 0.05) is 24.5 Å². The van der Waals surface area contributed by atoms with Gasteiger partial charge in [0.05, 0.1) is 18.2 Å². The lowest BCUT2D eigenvalue weighted by Gasteiger charge is -2.20. The number of amides is 1. The van der Waals surface area contributed by atoms with Crippen LogP contribution in [0.15, 0.2) is 29.6 Å². The maximum Gasteiger partial charge on any atom is 0.228 e. The van der Waals surface area contributed by atoms with Gasteiger partial charge in [0.2, 0.25) is 5.91 Å². The number of hydrogen-bond donors (Lipinski definition) is 1. The van der Waals surface area contributed by atoms with Crippen LogP contribution in [0.2, 0.25) is 0 Å². The van der Waals surface area contributed by atoms with Crippen molar-refractivity contribution in [2.24, 2.45) is 5.92 Å². The van der Waals surface area contributed by atoms with Crippen molar-refractivity contribution in [3.8, 4) is 10.6 Å². The van der Waals surface area contributed by atoms with Gasteiger partial charge in [0.1, 0.15) is 5.01 Å². The summed E-state index contributed by atoms with van der Waals surface area (Å²) >= 11 is 1.56. The van der Waals surface area contributed by atoms with Gasteiger partial charge in [-0.1, -0.05) is 23.8 Å². The Balaban J connectivity index is 1.60. The van der Waals surface area contributed by atoms with Crippen LogP contribution in [0.3, 0.4) is 0 Å². The molecular formula is C18H22N2O2S. The van der Waals surface area contributed by atoms with Gasteiger partial charge >= 0.3 is 0 Å². The summed E-state index contributed by atoms with van der Waals surface area (Å²) in [4.78, 5) is 18.5. The first-order valence-corrected chi connectivity index (χ1v) is 8.84. The molecule has 4 nitrogen and oxygen atoms in total. The van der Waals surface area contributed by atoms with E-state index in [0.717, 1.165) is 29.1 Å². The number of aliphatic hydroxyl groups excluding tert-OH is 1. The number of aromatic nitrogens is 1. The smallest absolute Gasteiger partial charge is 0.228 e. The SMILES string of the molecule is Cc1cccc(-c2nc(CC(=O)N(C)CC(O)C3CC3)cs2)c1. The van der Waals surface area contributed by atoms with Gasteiger partial charge in [-0.3, -0.25) is 4.79 Å². The highest BCUT2D eigenvalue weighted by Crippen LogP contribution is 2.32. The van der Waals surface area contributed by atoms with Crippen molar-refractivity contribution in [1.82, 2.24) is 9.88 Å².